The molecule has 3 rings (SSSR count). The molecule has 0 amide bonds. The molecule has 5 atom stereocenters. The Hall–Kier alpha value is -2.00. The summed E-state index contributed by atoms with van der Waals surface area (Å²) < 4.78 is 27.5. The van der Waals surface area contributed by atoms with E-state index >= 15 is 0 Å². The summed E-state index contributed by atoms with van der Waals surface area (Å²) in [5.74, 6) is -2.18. The number of hydrogen-bond donors (Lipinski definition) is 1. The maximum atomic E-state index is 12.5. The zero-order valence-corrected chi connectivity index (χ0v) is 14.8. The van der Waals surface area contributed by atoms with Crippen LogP contribution in [0.25, 0.3) is 0 Å². The number of benzene rings is 1. The fourth-order valence-corrected chi connectivity index (χ4v) is 2.98. The summed E-state index contributed by atoms with van der Waals surface area (Å²) in [4.78, 5) is 23.7. The molecule has 8 nitrogen and oxygen atoms in total. The van der Waals surface area contributed by atoms with Crippen molar-refractivity contribution in [2.75, 3.05) is 6.61 Å². The Morgan fingerprint density at radius 3 is 2.54 bits per heavy atom. The van der Waals surface area contributed by atoms with Gasteiger partial charge in [-0.1, -0.05) is 18.2 Å². The molecule has 1 aromatic carbocycles. The zero-order valence-electron chi connectivity index (χ0n) is 14.8. The van der Waals surface area contributed by atoms with E-state index in [1.807, 2.05) is 0 Å². The third kappa shape index (κ3) is 4.04. The van der Waals surface area contributed by atoms with E-state index in [0.29, 0.717) is 5.56 Å². The van der Waals surface area contributed by atoms with Crippen molar-refractivity contribution in [3.8, 4) is 0 Å². The number of carbonyl (C=O) groups excluding carboxylic acids is 2. The second-order valence-corrected chi connectivity index (χ2v) is 6.67. The van der Waals surface area contributed by atoms with Gasteiger partial charge in [-0.05, 0) is 26.0 Å². The van der Waals surface area contributed by atoms with Gasteiger partial charge in [-0.25, -0.2) is 4.79 Å². The fourth-order valence-electron chi connectivity index (χ4n) is 2.98. The molecule has 2 heterocycles. The largest absolute Gasteiger partial charge is 0.453 e. The second-order valence-electron chi connectivity index (χ2n) is 6.67. The van der Waals surface area contributed by atoms with E-state index in [1.54, 1.807) is 44.2 Å². The standard InChI is InChI=1S/C18H22O8/c1-10(19)23-17-13(20)15(25-16(21)11-7-5-4-6-8-11)14-12(24-17)9-22-18(2,3)26-14/h4-8,12-15,17,20H,9H2,1-3H3/t12-,13-,14-,15-,17-/m1/s1. The normalized spacial score (nSPS) is 33.0. The van der Waals surface area contributed by atoms with Gasteiger partial charge in [0.15, 0.2) is 18.0 Å². The van der Waals surface area contributed by atoms with Crippen molar-refractivity contribution in [3.05, 3.63) is 35.9 Å². The van der Waals surface area contributed by atoms with E-state index < -0.39 is 48.4 Å². The van der Waals surface area contributed by atoms with E-state index in [9.17, 15) is 14.7 Å². The minimum Gasteiger partial charge on any atom is -0.453 e. The van der Waals surface area contributed by atoms with Crippen LogP contribution in [0.2, 0.25) is 0 Å². The lowest BCUT2D eigenvalue weighted by Gasteiger charge is -2.49. The Labute approximate surface area is 150 Å². The van der Waals surface area contributed by atoms with Gasteiger partial charge in [-0.2, -0.15) is 0 Å². The molecule has 1 N–H and O–H groups in total. The molecule has 142 valence electrons. The van der Waals surface area contributed by atoms with Crippen molar-refractivity contribution in [1.82, 2.24) is 0 Å². The molecule has 0 radical (unpaired) electrons. The lowest BCUT2D eigenvalue weighted by atomic mass is 9.97. The number of ether oxygens (including phenoxy) is 5. The Bertz CT molecular complexity index is 658. The van der Waals surface area contributed by atoms with Crippen LogP contribution in [0.4, 0.5) is 0 Å². The molecule has 0 aromatic heterocycles. The maximum Gasteiger partial charge on any atom is 0.338 e. The third-order valence-electron chi connectivity index (χ3n) is 4.16. The van der Waals surface area contributed by atoms with Gasteiger partial charge >= 0.3 is 11.9 Å². The molecule has 2 saturated heterocycles. The Kier molecular flexibility index (Phi) is 5.29. The third-order valence-corrected chi connectivity index (χ3v) is 4.16. The van der Waals surface area contributed by atoms with Crippen molar-refractivity contribution in [1.29, 1.82) is 0 Å². The average Bonchev–Trinajstić information content (AvgIpc) is 2.59. The van der Waals surface area contributed by atoms with Crippen LogP contribution in [0.1, 0.15) is 31.1 Å². The number of hydrogen-bond acceptors (Lipinski definition) is 8. The number of fused-ring (bicyclic) bond motifs is 1. The highest BCUT2D eigenvalue weighted by molar-refractivity contribution is 5.89. The molecule has 0 aliphatic carbocycles. The first-order valence-corrected chi connectivity index (χ1v) is 8.35. The minimum atomic E-state index is -1.40. The van der Waals surface area contributed by atoms with E-state index in [2.05, 4.69) is 0 Å². The molecule has 26 heavy (non-hydrogen) atoms. The average molecular weight is 366 g/mol. The van der Waals surface area contributed by atoms with Crippen molar-refractivity contribution >= 4 is 11.9 Å². The number of carbonyl (C=O) groups is 2. The molecular formula is C18H22O8. The number of rotatable bonds is 3. The van der Waals surface area contributed by atoms with Gasteiger partial charge in [-0.3, -0.25) is 4.79 Å². The van der Waals surface area contributed by atoms with Gasteiger partial charge in [-0.15, -0.1) is 0 Å². The van der Waals surface area contributed by atoms with Gasteiger partial charge in [0.05, 0.1) is 12.2 Å². The summed E-state index contributed by atoms with van der Waals surface area (Å²) in [5.41, 5.74) is 0.332. The van der Waals surface area contributed by atoms with Gasteiger partial charge < -0.3 is 28.8 Å². The predicted molar refractivity (Wildman–Crippen MR) is 87.0 cm³/mol. The van der Waals surface area contributed by atoms with Crippen LogP contribution in [-0.2, 0) is 28.5 Å². The summed E-state index contributed by atoms with van der Waals surface area (Å²) >= 11 is 0. The van der Waals surface area contributed by atoms with Crippen LogP contribution in [0.5, 0.6) is 0 Å². The number of aliphatic hydroxyl groups excluding tert-OH is 1. The van der Waals surface area contributed by atoms with Crippen molar-refractivity contribution in [2.45, 2.75) is 57.3 Å². The van der Waals surface area contributed by atoms with Crippen molar-refractivity contribution < 1.29 is 38.4 Å². The predicted octanol–water partition coefficient (Wildman–Crippen LogP) is 1.01. The summed E-state index contributed by atoms with van der Waals surface area (Å²) in [6.45, 7) is 4.76. The number of aliphatic hydroxyl groups is 1. The molecule has 2 aliphatic heterocycles. The highest BCUT2D eigenvalue weighted by atomic mass is 16.8. The van der Waals surface area contributed by atoms with E-state index in [1.165, 1.54) is 6.92 Å². The molecule has 2 fully saturated rings. The van der Waals surface area contributed by atoms with Crippen LogP contribution in [0.3, 0.4) is 0 Å². The monoisotopic (exact) mass is 366 g/mol. The highest BCUT2D eigenvalue weighted by Gasteiger charge is 2.53. The lowest BCUT2D eigenvalue weighted by Crippen LogP contribution is -2.65. The summed E-state index contributed by atoms with van der Waals surface area (Å²) in [6, 6.07) is 8.38. The molecule has 0 spiro atoms. The molecule has 0 bridgehead atoms. The first-order chi connectivity index (χ1) is 12.3. The molecular weight excluding hydrogens is 344 g/mol. The van der Waals surface area contributed by atoms with Crippen LogP contribution < -0.4 is 0 Å². The summed E-state index contributed by atoms with van der Waals surface area (Å²) in [6.07, 6.45) is -5.20. The van der Waals surface area contributed by atoms with Crippen molar-refractivity contribution in [2.24, 2.45) is 0 Å². The second kappa shape index (κ2) is 7.32. The topological polar surface area (TPSA) is 101 Å². The van der Waals surface area contributed by atoms with Gasteiger partial charge in [0.25, 0.3) is 0 Å². The van der Waals surface area contributed by atoms with E-state index in [0.717, 1.165) is 0 Å². The SMILES string of the molecule is CC(=O)O[C@@H]1O[C@@H]2COC(C)(C)O[C@H]2[C@H](OC(=O)c2ccccc2)[C@H]1O. The van der Waals surface area contributed by atoms with Gasteiger partial charge in [0.2, 0.25) is 6.29 Å². The lowest BCUT2D eigenvalue weighted by molar-refractivity contribution is -0.376. The molecule has 0 saturated carbocycles. The van der Waals surface area contributed by atoms with Gasteiger partial charge in [0.1, 0.15) is 12.2 Å². The smallest absolute Gasteiger partial charge is 0.338 e. The Morgan fingerprint density at radius 2 is 1.88 bits per heavy atom. The first-order valence-electron chi connectivity index (χ1n) is 8.35. The molecule has 2 aliphatic rings. The van der Waals surface area contributed by atoms with Crippen LogP contribution in [-0.4, -0.2) is 60.1 Å². The van der Waals surface area contributed by atoms with E-state index in [4.69, 9.17) is 23.7 Å². The van der Waals surface area contributed by atoms with Crippen LogP contribution in [0.15, 0.2) is 30.3 Å². The Balaban J connectivity index is 1.83. The highest BCUT2D eigenvalue weighted by Crippen LogP contribution is 2.34. The van der Waals surface area contributed by atoms with Crippen molar-refractivity contribution in [3.63, 3.8) is 0 Å². The fraction of sp³-hybridized carbons (Fsp3) is 0.556. The van der Waals surface area contributed by atoms with Crippen LogP contribution >= 0.6 is 0 Å². The molecule has 1 aromatic rings. The first kappa shape index (κ1) is 18.8. The minimum absolute atomic E-state index is 0.140. The van der Waals surface area contributed by atoms with Crippen LogP contribution in [0, 0.1) is 0 Å². The summed E-state index contributed by atoms with van der Waals surface area (Å²) in [7, 11) is 0. The zero-order chi connectivity index (χ0) is 18.9. The quantitative estimate of drug-likeness (QED) is 0.791. The number of esters is 2. The summed E-state index contributed by atoms with van der Waals surface area (Å²) in [5, 5.41) is 10.6. The molecule has 0 unspecified atom stereocenters. The Morgan fingerprint density at radius 1 is 1.19 bits per heavy atom. The van der Waals surface area contributed by atoms with Gasteiger partial charge in [0, 0.05) is 6.92 Å². The maximum absolute atomic E-state index is 12.5. The van der Waals surface area contributed by atoms with E-state index in [-0.39, 0.29) is 6.61 Å². The molecule has 8 heteroatoms.